The fourth-order valence-electron chi connectivity index (χ4n) is 0.915. The Balaban J connectivity index is 2.18. The molecule has 0 fully saturated rings. The zero-order valence-electron chi connectivity index (χ0n) is 7.40. The molecule has 0 saturated carbocycles. The zero-order chi connectivity index (χ0) is 9.97. The molecule has 0 aliphatic carbocycles. The van der Waals surface area contributed by atoms with E-state index in [4.69, 9.17) is 4.42 Å². The van der Waals surface area contributed by atoms with Gasteiger partial charge in [0.2, 0.25) is 5.95 Å². The standard InChI is InChI=1S/C9H7FN2OS/c1-6-5-13-9(11-6)14-8-4-2-3-7(10)12-8/h2-5H,1H3. The summed E-state index contributed by atoms with van der Waals surface area (Å²) >= 11 is 1.19. The van der Waals surface area contributed by atoms with Gasteiger partial charge in [0.05, 0.1) is 5.69 Å². The lowest BCUT2D eigenvalue weighted by Crippen LogP contribution is -1.83. The van der Waals surface area contributed by atoms with Crippen molar-refractivity contribution in [3.63, 3.8) is 0 Å². The highest BCUT2D eigenvalue weighted by molar-refractivity contribution is 7.99. The summed E-state index contributed by atoms with van der Waals surface area (Å²) in [5.41, 5.74) is 0.795. The van der Waals surface area contributed by atoms with E-state index in [9.17, 15) is 4.39 Å². The van der Waals surface area contributed by atoms with E-state index in [0.29, 0.717) is 10.2 Å². The predicted octanol–water partition coefficient (Wildman–Crippen LogP) is 2.67. The SMILES string of the molecule is Cc1coc(Sc2cccc(F)n2)n1. The van der Waals surface area contributed by atoms with Crippen LogP contribution in [0.1, 0.15) is 5.69 Å². The lowest BCUT2D eigenvalue weighted by Gasteiger charge is -1.94. The van der Waals surface area contributed by atoms with E-state index in [2.05, 4.69) is 9.97 Å². The number of oxazole rings is 1. The third-order valence-electron chi connectivity index (χ3n) is 1.48. The maximum Gasteiger partial charge on any atom is 0.262 e. The van der Waals surface area contributed by atoms with E-state index in [0.717, 1.165) is 5.69 Å². The Morgan fingerprint density at radius 1 is 1.36 bits per heavy atom. The first kappa shape index (κ1) is 9.21. The van der Waals surface area contributed by atoms with Crippen molar-refractivity contribution < 1.29 is 8.81 Å². The maximum absolute atomic E-state index is 12.7. The number of hydrogen-bond acceptors (Lipinski definition) is 4. The van der Waals surface area contributed by atoms with Gasteiger partial charge < -0.3 is 4.42 Å². The lowest BCUT2D eigenvalue weighted by atomic mass is 10.5. The molecule has 2 rings (SSSR count). The van der Waals surface area contributed by atoms with E-state index in [1.54, 1.807) is 18.4 Å². The van der Waals surface area contributed by atoms with Gasteiger partial charge in [-0.3, -0.25) is 0 Å². The fraction of sp³-hybridized carbons (Fsp3) is 0.111. The molecule has 14 heavy (non-hydrogen) atoms. The first-order chi connectivity index (χ1) is 6.74. The number of nitrogens with zero attached hydrogens (tertiary/aromatic N) is 2. The smallest absolute Gasteiger partial charge is 0.262 e. The van der Waals surface area contributed by atoms with Crippen molar-refractivity contribution in [2.24, 2.45) is 0 Å². The summed E-state index contributed by atoms with van der Waals surface area (Å²) in [5.74, 6) is -0.502. The second kappa shape index (κ2) is 3.79. The van der Waals surface area contributed by atoms with Crippen molar-refractivity contribution in [1.82, 2.24) is 9.97 Å². The molecule has 2 heterocycles. The van der Waals surface area contributed by atoms with Gasteiger partial charge in [-0.15, -0.1) is 0 Å². The largest absolute Gasteiger partial charge is 0.439 e. The Hall–Kier alpha value is -1.36. The van der Waals surface area contributed by atoms with E-state index in [1.807, 2.05) is 6.92 Å². The van der Waals surface area contributed by atoms with Gasteiger partial charge in [0.25, 0.3) is 5.22 Å². The van der Waals surface area contributed by atoms with Crippen LogP contribution in [0.15, 0.2) is 39.1 Å². The van der Waals surface area contributed by atoms with Gasteiger partial charge in [0, 0.05) is 0 Å². The Bertz CT molecular complexity index is 444. The van der Waals surface area contributed by atoms with E-state index >= 15 is 0 Å². The summed E-state index contributed by atoms with van der Waals surface area (Å²) in [6, 6.07) is 4.60. The average Bonchev–Trinajstić information content (AvgIpc) is 2.51. The summed E-state index contributed by atoms with van der Waals surface area (Å²) in [6.07, 6.45) is 1.54. The molecule has 0 spiro atoms. The molecule has 0 saturated heterocycles. The van der Waals surface area contributed by atoms with Crippen LogP contribution >= 0.6 is 11.8 Å². The fourth-order valence-corrected chi connectivity index (χ4v) is 1.66. The Labute approximate surface area is 84.4 Å². The molecule has 0 aliphatic rings. The third-order valence-corrected chi connectivity index (χ3v) is 2.28. The summed E-state index contributed by atoms with van der Waals surface area (Å²) in [5, 5.41) is 1.01. The van der Waals surface area contributed by atoms with Gasteiger partial charge in [0.1, 0.15) is 11.3 Å². The third kappa shape index (κ3) is 2.11. The molecule has 0 unspecified atom stereocenters. The van der Waals surface area contributed by atoms with Gasteiger partial charge in [-0.05, 0) is 30.8 Å². The Morgan fingerprint density at radius 2 is 2.21 bits per heavy atom. The van der Waals surface area contributed by atoms with Crippen LogP contribution in [0.3, 0.4) is 0 Å². The molecule has 0 atom stereocenters. The minimum absolute atomic E-state index is 0.473. The van der Waals surface area contributed by atoms with Gasteiger partial charge >= 0.3 is 0 Å². The molecule has 2 aromatic heterocycles. The molecule has 0 aromatic carbocycles. The molecule has 72 valence electrons. The van der Waals surface area contributed by atoms with Crippen LogP contribution in [0.4, 0.5) is 4.39 Å². The highest BCUT2D eigenvalue weighted by atomic mass is 32.2. The van der Waals surface area contributed by atoms with Crippen LogP contribution in [0, 0.1) is 12.9 Å². The predicted molar refractivity (Wildman–Crippen MR) is 49.6 cm³/mol. The molecule has 3 nitrogen and oxygen atoms in total. The molecule has 0 amide bonds. The summed E-state index contributed by atoms with van der Waals surface area (Å²) in [7, 11) is 0. The minimum atomic E-state index is -0.502. The average molecular weight is 210 g/mol. The van der Waals surface area contributed by atoms with Crippen molar-refractivity contribution in [3.8, 4) is 0 Å². The van der Waals surface area contributed by atoms with Crippen molar-refractivity contribution >= 4 is 11.8 Å². The minimum Gasteiger partial charge on any atom is -0.439 e. The molecule has 0 aliphatic heterocycles. The Morgan fingerprint density at radius 3 is 2.86 bits per heavy atom. The molecule has 0 bridgehead atoms. The normalized spacial score (nSPS) is 10.4. The summed E-state index contributed by atoms with van der Waals surface area (Å²) in [4.78, 5) is 7.74. The second-order valence-electron chi connectivity index (χ2n) is 2.66. The molecular weight excluding hydrogens is 203 g/mol. The van der Waals surface area contributed by atoms with E-state index < -0.39 is 5.95 Å². The second-order valence-corrected chi connectivity index (χ2v) is 3.63. The van der Waals surface area contributed by atoms with E-state index in [1.165, 1.54) is 17.8 Å². The van der Waals surface area contributed by atoms with Crippen LogP contribution < -0.4 is 0 Å². The molecule has 0 radical (unpaired) electrons. The van der Waals surface area contributed by atoms with Crippen LogP contribution in [0.5, 0.6) is 0 Å². The van der Waals surface area contributed by atoms with Gasteiger partial charge in [0.15, 0.2) is 0 Å². The summed E-state index contributed by atoms with van der Waals surface area (Å²) in [6.45, 7) is 1.83. The molecular formula is C9H7FN2OS. The topological polar surface area (TPSA) is 38.9 Å². The highest BCUT2D eigenvalue weighted by Crippen LogP contribution is 2.24. The van der Waals surface area contributed by atoms with Crippen LogP contribution in [0.25, 0.3) is 0 Å². The van der Waals surface area contributed by atoms with Crippen molar-refractivity contribution in [1.29, 1.82) is 0 Å². The number of halogens is 1. The van der Waals surface area contributed by atoms with Gasteiger partial charge in [-0.1, -0.05) is 6.07 Å². The maximum atomic E-state index is 12.7. The van der Waals surface area contributed by atoms with Crippen molar-refractivity contribution in [2.75, 3.05) is 0 Å². The zero-order valence-corrected chi connectivity index (χ0v) is 8.21. The van der Waals surface area contributed by atoms with Gasteiger partial charge in [-0.25, -0.2) is 9.97 Å². The van der Waals surface area contributed by atoms with Crippen LogP contribution in [-0.4, -0.2) is 9.97 Å². The molecule has 0 N–H and O–H groups in total. The quantitative estimate of drug-likeness (QED) is 0.714. The first-order valence-electron chi connectivity index (χ1n) is 3.96. The number of aryl methyl sites for hydroxylation is 1. The van der Waals surface area contributed by atoms with Gasteiger partial charge in [-0.2, -0.15) is 4.39 Å². The van der Waals surface area contributed by atoms with Crippen LogP contribution in [0.2, 0.25) is 0 Å². The number of rotatable bonds is 2. The first-order valence-corrected chi connectivity index (χ1v) is 4.78. The van der Waals surface area contributed by atoms with E-state index in [-0.39, 0.29) is 0 Å². The number of hydrogen-bond donors (Lipinski definition) is 0. The van der Waals surface area contributed by atoms with Crippen molar-refractivity contribution in [3.05, 3.63) is 36.1 Å². The highest BCUT2D eigenvalue weighted by Gasteiger charge is 2.04. The summed E-state index contributed by atoms with van der Waals surface area (Å²) < 4.78 is 17.8. The molecule has 5 heteroatoms. The van der Waals surface area contributed by atoms with Crippen molar-refractivity contribution in [2.45, 2.75) is 17.2 Å². The Kier molecular flexibility index (Phi) is 2.49. The number of aromatic nitrogens is 2. The molecule has 2 aromatic rings. The lowest BCUT2D eigenvalue weighted by molar-refractivity contribution is 0.453. The monoisotopic (exact) mass is 210 g/mol. The number of pyridine rings is 1. The van der Waals surface area contributed by atoms with Crippen LogP contribution in [-0.2, 0) is 0 Å².